The third kappa shape index (κ3) is 5.46. The van der Waals surface area contributed by atoms with Gasteiger partial charge in [0.25, 0.3) is 11.8 Å². The minimum Gasteiger partial charge on any atom is -0.381 e. The van der Waals surface area contributed by atoms with Crippen molar-refractivity contribution >= 4 is 50.6 Å². The number of aromatic nitrogens is 2. The molecule has 0 spiro atoms. The number of thiophene rings is 1. The summed E-state index contributed by atoms with van der Waals surface area (Å²) in [7, 11) is 1.78. The Labute approximate surface area is 218 Å². The number of hydrogen-bond donors (Lipinski definition) is 4. The van der Waals surface area contributed by atoms with Gasteiger partial charge in [-0.15, -0.1) is 11.3 Å². The number of nitrogens with zero attached hydrogens (tertiary/aromatic N) is 2. The summed E-state index contributed by atoms with van der Waals surface area (Å²) in [6.45, 7) is 2.72. The van der Waals surface area contributed by atoms with Gasteiger partial charge in [0.15, 0.2) is 5.82 Å². The summed E-state index contributed by atoms with van der Waals surface area (Å²) in [4.78, 5) is 26.9. The average molecular weight is 511 g/mol. The van der Waals surface area contributed by atoms with Gasteiger partial charge in [-0.3, -0.25) is 25.1 Å². The van der Waals surface area contributed by atoms with Crippen LogP contribution in [0.15, 0.2) is 84.9 Å². The van der Waals surface area contributed by atoms with Crippen molar-refractivity contribution in [3.05, 3.63) is 106 Å². The lowest BCUT2D eigenvalue weighted by Gasteiger charge is -2.19. The second-order valence-electron chi connectivity index (χ2n) is 8.58. The van der Waals surface area contributed by atoms with Crippen LogP contribution < -0.4 is 21.1 Å². The molecule has 0 aliphatic carbocycles. The first kappa shape index (κ1) is 24.1. The van der Waals surface area contributed by atoms with E-state index in [0.29, 0.717) is 33.0 Å². The van der Waals surface area contributed by atoms with Gasteiger partial charge in [-0.1, -0.05) is 48.5 Å². The Balaban J connectivity index is 1.22. The number of aryl methyl sites for hydroxylation is 1. The summed E-state index contributed by atoms with van der Waals surface area (Å²) >= 11 is 1.28. The zero-order chi connectivity index (χ0) is 25.8. The van der Waals surface area contributed by atoms with Crippen LogP contribution in [-0.2, 0) is 6.54 Å². The molecule has 0 unspecified atom stereocenters. The lowest BCUT2D eigenvalue weighted by atomic mass is 10.1. The molecule has 0 saturated carbocycles. The van der Waals surface area contributed by atoms with Crippen molar-refractivity contribution in [1.82, 2.24) is 15.6 Å². The fourth-order valence-electron chi connectivity index (χ4n) is 3.87. The second kappa shape index (κ2) is 10.5. The third-order valence-electron chi connectivity index (χ3n) is 5.97. The zero-order valence-corrected chi connectivity index (χ0v) is 21.2. The number of aromatic amines is 1. The number of benzene rings is 3. The molecular formula is C28H26N6O2S. The van der Waals surface area contributed by atoms with Crippen molar-refractivity contribution < 1.29 is 9.59 Å². The van der Waals surface area contributed by atoms with E-state index in [-0.39, 0.29) is 11.8 Å². The first-order chi connectivity index (χ1) is 18.0. The molecule has 5 rings (SSSR count). The van der Waals surface area contributed by atoms with Crippen LogP contribution >= 0.6 is 11.3 Å². The topological polar surface area (TPSA) is 102 Å². The van der Waals surface area contributed by atoms with Gasteiger partial charge >= 0.3 is 0 Å². The molecule has 0 fully saturated rings. The predicted molar refractivity (Wildman–Crippen MR) is 149 cm³/mol. The minimum absolute atomic E-state index is 0.242. The van der Waals surface area contributed by atoms with Crippen LogP contribution in [0.1, 0.15) is 31.2 Å². The molecule has 9 heteroatoms. The van der Waals surface area contributed by atoms with Gasteiger partial charge in [-0.25, -0.2) is 0 Å². The van der Waals surface area contributed by atoms with Crippen molar-refractivity contribution in [2.24, 2.45) is 0 Å². The molecule has 2 aromatic heterocycles. The van der Waals surface area contributed by atoms with Crippen molar-refractivity contribution in [3.63, 3.8) is 0 Å². The van der Waals surface area contributed by atoms with Crippen LogP contribution in [0.4, 0.5) is 17.2 Å². The molecule has 0 aliphatic rings. The lowest BCUT2D eigenvalue weighted by Crippen LogP contribution is -2.38. The fraction of sp³-hybridized carbons (Fsp3) is 0.107. The summed E-state index contributed by atoms with van der Waals surface area (Å²) < 4.78 is 0. The number of amides is 2. The number of anilines is 3. The van der Waals surface area contributed by atoms with Crippen LogP contribution in [0.3, 0.4) is 0 Å². The van der Waals surface area contributed by atoms with Crippen molar-refractivity contribution in [2.75, 3.05) is 22.7 Å². The number of nitrogens with one attached hydrogen (secondary N) is 4. The Morgan fingerprint density at radius 3 is 2.43 bits per heavy atom. The molecule has 2 heterocycles. The third-order valence-corrected chi connectivity index (χ3v) is 7.01. The SMILES string of the molecule is Cc1ccccc1NCc1ccc(C(=O)Nc2n[nH]c3sc(C(=O)NN(C)c4ccccc4)cc23)cc1. The highest BCUT2D eigenvalue weighted by atomic mass is 32.1. The van der Waals surface area contributed by atoms with Gasteiger partial charge in [0.2, 0.25) is 0 Å². The van der Waals surface area contributed by atoms with E-state index in [1.165, 1.54) is 16.9 Å². The number of para-hydroxylation sites is 2. The smallest absolute Gasteiger partial charge is 0.279 e. The number of H-pyrrole nitrogens is 1. The van der Waals surface area contributed by atoms with Gasteiger partial charge < -0.3 is 10.6 Å². The Morgan fingerprint density at radius 2 is 1.68 bits per heavy atom. The van der Waals surface area contributed by atoms with Gasteiger partial charge in [-0.05, 0) is 54.4 Å². The Bertz CT molecular complexity index is 1540. The van der Waals surface area contributed by atoms with E-state index < -0.39 is 0 Å². The maximum atomic E-state index is 12.9. The summed E-state index contributed by atoms with van der Waals surface area (Å²) in [5, 5.41) is 15.7. The summed E-state index contributed by atoms with van der Waals surface area (Å²) in [5.74, 6) is -0.127. The van der Waals surface area contributed by atoms with Crippen molar-refractivity contribution in [2.45, 2.75) is 13.5 Å². The number of hydrogen-bond acceptors (Lipinski definition) is 6. The largest absolute Gasteiger partial charge is 0.381 e. The van der Waals surface area contributed by atoms with Gasteiger partial charge in [0.05, 0.1) is 16.0 Å². The maximum absolute atomic E-state index is 12.9. The van der Waals surface area contributed by atoms with E-state index >= 15 is 0 Å². The number of rotatable bonds is 8. The molecule has 2 amide bonds. The molecular weight excluding hydrogens is 484 g/mol. The van der Waals surface area contributed by atoms with Crippen LogP contribution in [0, 0.1) is 6.92 Å². The Morgan fingerprint density at radius 1 is 0.946 bits per heavy atom. The summed E-state index contributed by atoms with van der Waals surface area (Å²) in [6.07, 6.45) is 0. The molecule has 3 aromatic carbocycles. The first-order valence-electron chi connectivity index (χ1n) is 11.8. The Hall–Kier alpha value is -4.63. The molecule has 186 valence electrons. The summed E-state index contributed by atoms with van der Waals surface area (Å²) in [5.41, 5.74) is 7.58. The summed E-state index contributed by atoms with van der Waals surface area (Å²) in [6, 6.07) is 26.8. The van der Waals surface area contributed by atoms with E-state index in [4.69, 9.17) is 0 Å². The lowest BCUT2D eigenvalue weighted by molar-refractivity contribution is 0.0954. The molecule has 37 heavy (non-hydrogen) atoms. The average Bonchev–Trinajstić information content (AvgIpc) is 3.51. The van der Waals surface area contributed by atoms with Crippen molar-refractivity contribution in [1.29, 1.82) is 0 Å². The maximum Gasteiger partial charge on any atom is 0.279 e. The van der Waals surface area contributed by atoms with Crippen LogP contribution in [-0.4, -0.2) is 29.1 Å². The number of carbonyl (C=O) groups excluding carboxylic acids is 2. The predicted octanol–water partition coefficient (Wildman–Crippen LogP) is 5.58. The molecule has 8 nitrogen and oxygen atoms in total. The van der Waals surface area contributed by atoms with Gasteiger partial charge in [0.1, 0.15) is 4.83 Å². The minimum atomic E-state index is -0.271. The highest BCUT2D eigenvalue weighted by Gasteiger charge is 2.18. The number of carbonyl (C=O) groups is 2. The quantitative estimate of drug-likeness (QED) is 0.204. The van der Waals surface area contributed by atoms with E-state index in [0.717, 1.165) is 16.9 Å². The van der Waals surface area contributed by atoms with Crippen LogP contribution in [0.2, 0.25) is 0 Å². The normalized spacial score (nSPS) is 10.8. The van der Waals surface area contributed by atoms with E-state index in [9.17, 15) is 9.59 Å². The van der Waals surface area contributed by atoms with Crippen LogP contribution in [0.5, 0.6) is 0 Å². The Kier molecular flexibility index (Phi) is 6.87. The zero-order valence-electron chi connectivity index (χ0n) is 20.4. The molecule has 0 radical (unpaired) electrons. The number of hydrazine groups is 1. The fourth-order valence-corrected chi connectivity index (χ4v) is 4.76. The molecule has 4 N–H and O–H groups in total. The molecule has 0 aliphatic heterocycles. The molecule has 0 saturated heterocycles. The first-order valence-corrected chi connectivity index (χ1v) is 12.6. The highest BCUT2D eigenvalue weighted by Crippen LogP contribution is 2.29. The number of fused-ring (bicyclic) bond motifs is 1. The van der Waals surface area contributed by atoms with E-state index in [1.54, 1.807) is 30.3 Å². The standard InChI is InChI=1S/C28H26N6O2S/c1-18-8-6-7-11-23(18)29-17-19-12-14-20(15-13-19)26(35)30-25-22-16-24(37-28(22)32-31-25)27(36)33-34(2)21-9-4-3-5-10-21/h3-16,29H,17H2,1-2H3,(H,33,36)(H2,30,31,32,35). The second-order valence-corrected chi connectivity index (χ2v) is 9.63. The van der Waals surface area contributed by atoms with Crippen molar-refractivity contribution in [3.8, 4) is 0 Å². The molecule has 0 bridgehead atoms. The van der Waals surface area contributed by atoms with Gasteiger partial charge in [-0.2, -0.15) is 5.10 Å². The monoisotopic (exact) mass is 510 g/mol. The van der Waals surface area contributed by atoms with E-state index in [2.05, 4.69) is 39.2 Å². The highest BCUT2D eigenvalue weighted by molar-refractivity contribution is 7.20. The molecule has 0 atom stereocenters. The molecule has 5 aromatic rings. The van der Waals surface area contributed by atoms with Crippen LogP contribution in [0.25, 0.3) is 10.2 Å². The van der Waals surface area contributed by atoms with E-state index in [1.807, 2.05) is 60.7 Å². The van der Waals surface area contributed by atoms with Gasteiger partial charge in [0, 0.05) is 24.8 Å².